The molecule has 0 aromatic rings. The van der Waals surface area contributed by atoms with Gasteiger partial charge in [0.05, 0.1) is 5.54 Å². The molecule has 14 heavy (non-hydrogen) atoms. The maximum absolute atomic E-state index is 10.8. The molecule has 6 nitrogen and oxygen atoms in total. The van der Waals surface area contributed by atoms with Gasteiger partial charge in [-0.05, 0) is 13.8 Å². The Morgan fingerprint density at radius 2 is 1.79 bits per heavy atom. The van der Waals surface area contributed by atoms with E-state index in [9.17, 15) is 9.59 Å². The van der Waals surface area contributed by atoms with E-state index in [-0.39, 0.29) is 5.57 Å². The summed E-state index contributed by atoms with van der Waals surface area (Å²) in [5.74, 6) is -3.18. The van der Waals surface area contributed by atoms with Crippen LogP contribution in [0, 0.1) is 0 Å². The van der Waals surface area contributed by atoms with Crippen molar-refractivity contribution in [3.05, 3.63) is 11.3 Å². The molecule has 0 saturated carbocycles. The molecule has 0 amide bonds. The third kappa shape index (κ3) is 1.33. The number of carboxylic acids is 2. The molecule has 6 heteroatoms. The second-order valence-electron chi connectivity index (χ2n) is 3.46. The fraction of sp³-hybridized carbons (Fsp3) is 0.500. The van der Waals surface area contributed by atoms with Crippen molar-refractivity contribution in [3.63, 3.8) is 0 Å². The van der Waals surface area contributed by atoms with Gasteiger partial charge >= 0.3 is 11.9 Å². The van der Waals surface area contributed by atoms with Gasteiger partial charge in [-0.2, -0.15) is 0 Å². The highest BCUT2D eigenvalue weighted by Crippen LogP contribution is 2.34. The van der Waals surface area contributed by atoms with Crippen LogP contribution in [0.5, 0.6) is 0 Å². The minimum absolute atomic E-state index is 0.243. The van der Waals surface area contributed by atoms with Crippen LogP contribution in [0.15, 0.2) is 11.3 Å². The van der Waals surface area contributed by atoms with Crippen molar-refractivity contribution < 1.29 is 24.6 Å². The Morgan fingerprint density at radius 3 is 2.07 bits per heavy atom. The van der Waals surface area contributed by atoms with Crippen LogP contribution in [-0.4, -0.2) is 39.8 Å². The molecule has 0 spiro atoms. The molecule has 0 bridgehead atoms. The van der Waals surface area contributed by atoms with E-state index in [1.807, 2.05) is 0 Å². The summed E-state index contributed by atoms with van der Waals surface area (Å²) in [5, 5.41) is 18.8. The number of carbonyl (C=O) groups is 2. The zero-order chi connectivity index (χ0) is 11.1. The van der Waals surface area contributed by atoms with Gasteiger partial charge in [-0.15, -0.1) is 5.06 Å². The molecular formula is C8H11NO5. The number of rotatable bonds is 2. The highest BCUT2D eigenvalue weighted by molar-refractivity contribution is 5.99. The molecule has 1 rings (SSSR count). The van der Waals surface area contributed by atoms with Crippen molar-refractivity contribution in [1.82, 2.24) is 5.06 Å². The normalized spacial score (nSPS) is 20.8. The lowest BCUT2D eigenvalue weighted by atomic mass is 9.94. The fourth-order valence-corrected chi connectivity index (χ4v) is 1.24. The summed E-state index contributed by atoms with van der Waals surface area (Å²) in [6, 6.07) is 0. The number of hydroxylamine groups is 2. The molecule has 1 aliphatic rings. The van der Waals surface area contributed by atoms with Crippen LogP contribution in [0.1, 0.15) is 13.8 Å². The minimum Gasteiger partial charge on any atom is -0.478 e. The lowest BCUT2D eigenvalue weighted by Gasteiger charge is -2.25. The minimum atomic E-state index is -1.38. The predicted molar refractivity (Wildman–Crippen MR) is 45.2 cm³/mol. The van der Waals surface area contributed by atoms with E-state index >= 15 is 0 Å². The van der Waals surface area contributed by atoms with Crippen LogP contribution >= 0.6 is 0 Å². The molecule has 0 radical (unpaired) electrons. The monoisotopic (exact) mass is 201 g/mol. The Bertz CT molecular complexity index is 331. The Kier molecular flexibility index (Phi) is 2.24. The average molecular weight is 201 g/mol. The maximum atomic E-state index is 10.8. The summed E-state index contributed by atoms with van der Waals surface area (Å²) in [4.78, 5) is 26.4. The summed E-state index contributed by atoms with van der Waals surface area (Å²) < 4.78 is 0. The van der Waals surface area contributed by atoms with Crippen LogP contribution in [0.4, 0.5) is 0 Å². The van der Waals surface area contributed by atoms with Gasteiger partial charge in [0, 0.05) is 7.05 Å². The van der Waals surface area contributed by atoms with Gasteiger partial charge in [0.25, 0.3) is 0 Å². The van der Waals surface area contributed by atoms with Crippen LogP contribution < -0.4 is 0 Å². The SMILES string of the molecule is CN1OC(C(=O)O)=C(C(=O)O)C1(C)C. The van der Waals surface area contributed by atoms with Gasteiger partial charge in [-0.25, -0.2) is 9.59 Å². The molecule has 0 aromatic heterocycles. The standard InChI is InChI=1S/C8H11NO5/c1-8(2)4(6(10)11)5(7(12)13)14-9(8)3/h1-3H3,(H,10,11)(H,12,13). The Balaban J connectivity index is 3.28. The van der Waals surface area contributed by atoms with Crippen molar-refractivity contribution in [1.29, 1.82) is 0 Å². The van der Waals surface area contributed by atoms with E-state index < -0.39 is 23.2 Å². The van der Waals surface area contributed by atoms with Gasteiger partial charge in [0.15, 0.2) is 0 Å². The highest BCUT2D eigenvalue weighted by atomic mass is 16.7. The van der Waals surface area contributed by atoms with Gasteiger partial charge in [0.2, 0.25) is 5.76 Å². The summed E-state index contributed by atoms with van der Waals surface area (Å²) in [6.07, 6.45) is 0. The number of hydrogen-bond acceptors (Lipinski definition) is 4. The van der Waals surface area contributed by atoms with Gasteiger partial charge in [0.1, 0.15) is 5.57 Å². The molecule has 78 valence electrons. The average Bonchev–Trinajstić information content (AvgIpc) is 2.23. The Morgan fingerprint density at radius 1 is 1.29 bits per heavy atom. The second-order valence-corrected chi connectivity index (χ2v) is 3.46. The smallest absolute Gasteiger partial charge is 0.374 e. The first kappa shape index (κ1) is 10.5. The van der Waals surface area contributed by atoms with Crippen molar-refractivity contribution in [2.24, 2.45) is 0 Å². The van der Waals surface area contributed by atoms with Crippen LogP contribution in [0.3, 0.4) is 0 Å². The predicted octanol–water partition coefficient (Wildman–Crippen LogP) is 0.0653. The lowest BCUT2D eigenvalue weighted by Crippen LogP contribution is -2.39. The largest absolute Gasteiger partial charge is 0.478 e. The molecule has 1 heterocycles. The molecule has 0 aliphatic carbocycles. The van der Waals surface area contributed by atoms with Gasteiger partial charge in [-0.3, -0.25) is 0 Å². The van der Waals surface area contributed by atoms with E-state index in [0.717, 1.165) is 0 Å². The molecule has 1 aliphatic heterocycles. The van der Waals surface area contributed by atoms with Crippen molar-refractivity contribution in [3.8, 4) is 0 Å². The topological polar surface area (TPSA) is 87.1 Å². The molecule has 2 N–H and O–H groups in total. The van der Waals surface area contributed by atoms with Crippen LogP contribution in [-0.2, 0) is 14.4 Å². The molecule has 0 saturated heterocycles. The summed E-state index contributed by atoms with van der Waals surface area (Å²) in [6.45, 7) is 3.15. The third-order valence-corrected chi connectivity index (χ3v) is 2.26. The van der Waals surface area contributed by atoms with Gasteiger partial charge < -0.3 is 15.1 Å². The molecule has 0 atom stereocenters. The van der Waals surface area contributed by atoms with Crippen LogP contribution in [0.2, 0.25) is 0 Å². The van der Waals surface area contributed by atoms with E-state index in [1.165, 1.54) is 12.1 Å². The number of carboxylic acid groups (broad SMARTS) is 2. The molecule has 0 unspecified atom stereocenters. The summed E-state index contributed by atoms with van der Waals surface area (Å²) >= 11 is 0. The van der Waals surface area contributed by atoms with Gasteiger partial charge in [-0.1, -0.05) is 0 Å². The van der Waals surface area contributed by atoms with E-state index in [1.54, 1.807) is 13.8 Å². The first-order valence-electron chi connectivity index (χ1n) is 3.91. The Hall–Kier alpha value is -1.56. The zero-order valence-electron chi connectivity index (χ0n) is 8.07. The number of aliphatic carboxylic acids is 2. The van der Waals surface area contributed by atoms with E-state index in [0.29, 0.717) is 0 Å². The third-order valence-electron chi connectivity index (χ3n) is 2.26. The lowest BCUT2D eigenvalue weighted by molar-refractivity contribution is -0.155. The van der Waals surface area contributed by atoms with Crippen molar-refractivity contribution in [2.45, 2.75) is 19.4 Å². The van der Waals surface area contributed by atoms with Crippen molar-refractivity contribution in [2.75, 3.05) is 7.05 Å². The summed E-state index contributed by atoms with van der Waals surface area (Å²) in [7, 11) is 1.48. The number of nitrogens with zero attached hydrogens (tertiary/aromatic N) is 1. The maximum Gasteiger partial charge on any atom is 0.374 e. The number of likely N-dealkylation sites (N-methyl/N-ethyl adjacent to an activating group) is 1. The quantitative estimate of drug-likeness (QED) is 0.657. The Labute approximate surface area is 80.3 Å². The molecule has 0 fully saturated rings. The first-order valence-corrected chi connectivity index (χ1v) is 3.91. The fourth-order valence-electron chi connectivity index (χ4n) is 1.24. The van der Waals surface area contributed by atoms with E-state index in [4.69, 9.17) is 15.1 Å². The second kappa shape index (κ2) is 2.98. The first-order chi connectivity index (χ1) is 6.28. The number of hydrogen-bond donors (Lipinski definition) is 2. The zero-order valence-corrected chi connectivity index (χ0v) is 8.07. The van der Waals surface area contributed by atoms with Crippen LogP contribution in [0.25, 0.3) is 0 Å². The van der Waals surface area contributed by atoms with E-state index in [2.05, 4.69) is 0 Å². The molecule has 0 aromatic carbocycles. The summed E-state index contributed by atoms with van der Waals surface area (Å²) in [5.41, 5.74) is -1.19. The molecular weight excluding hydrogens is 190 g/mol. The van der Waals surface area contributed by atoms with Crippen molar-refractivity contribution >= 4 is 11.9 Å². The highest BCUT2D eigenvalue weighted by Gasteiger charge is 2.46.